The van der Waals surface area contributed by atoms with Crippen LogP contribution >= 0.6 is 46.0 Å². The molecule has 0 spiro atoms. The number of imide groups is 1. The van der Waals surface area contributed by atoms with E-state index in [-0.39, 0.29) is 17.3 Å². The van der Waals surface area contributed by atoms with Gasteiger partial charge in [0.15, 0.2) is 11.5 Å². The van der Waals surface area contributed by atoms with Gasteiger partial charge >= 0.3 is 0 Å². The molecule has 1 fully saturated rings. The molecule has 9 heteroatoms. The van der Waals surface area contributed by atoms with E-state index in [0.29, 0.717) is 36.9 Å². The summed E-state index contributed by atoms with van der Waals surface area (Å²) in [5.41, 5.74) is 1.50. The Morgan fingerprint density at radius 3 is 2.64 bits per heavy atom. The summed E-state index contributed by atoms with van der Waals surface area (Å²) in [7, 11) is 1.50. The van der Waals surface area contributed by atoms with Crippen molar-refractivity contribution in [2.24, 2.45) is 0 Å². The second-order valence-electron chi connectivity index (χ2n) is 6.91. The van der Waals surface area contributed by atoms with Crippen LogP contribution in [0.3, 0.4) is 0 Å². The number of anilines is 1. The van der Waals surface area contributed by atoms with Crippen LogP contribution in [-0.4, -0.2) is 18.3 Å². The van der Waals surface area contributed by atoms with Gasteiger partial charge in [-0.05, 0) is 82.4 Å². The maximum absolute atomic E-state index is 13.9. The first-order chi connectivity index (χ1) is 15.9. The summed E-state index contributed by atoms with van der Waals surface area (Å²) < 4.78 is 25.9. The molecule has 0 unspecified atom stereocenters. The lowest BCUT2D eigenvalue weighted by molar-refractivity contribution is -0.113. The van der Waals surface area contributed by atoms with Crippen molar-refractivity contribution in [2.75, 3.05) is 12.0 Å². The molecule has 0 aromatic heterocycles. The molecule has 1 heterocycles. The largest absolute Gasteiger partial charge is 0.493 e. The van der Waals surface area contributed by atoms with Crippen LogP contribution in [0.15, 0.2) is 65.6 Å². The SMILES string of the molecule is COc1cc(/C=C2/SC(=O)N(c3cccc(Cl)c3)C2=O)cc(I)c1OCc1ccccc1F. The van der Waals surface area contributed by atoms with Gasteiger partial charge in [0.2, 0.25) is 0 Å². The van der Waals surface area contributed by atoms with E-state index in [4.69, 9.17) is 21.1 Å². The molecule has 1 aliphatic heterocycles. The average molecular weight is 596 g/mol. The summed E-state index contributed by atoms with van der Waals surface area (Å²) in [6.45, 7) is 0.0386. The van der Waals surface area contributed by atoms with E-state index in [2.05, 4.69) is 22.6 Å². The summed E-state index contributed by atoms with van der Waals surface area (Å²) >= 11 is 8.94. The third kappa shape index (κ3) is 5.18. The van der Waals surface area contributed by atoms with Crippen LogP contribution in [0, 0.1) is 9.39 Å². The zero-order valence-electron chi connectivity index (χ0n) is 17.2. The Morgan fingerprint density at radius 1 is 1.12 bits per heavy atom. The molecule has 0 aliphatic carbocycles. The molecular formula is C24H16ClFINO4S. The Kier molecular flexibility index (Phi) is 7.26. The predicted molar refractivity (Wildman–Crippen MR) is 136 cm³/mol. The van der Waals surface area contributed by atoms with Crippen LogP contribution in [0.1, 0.15) is 11.1 Å². The van der Waals surface area contributed by atoms with Gasteiger partial charge in [0, 0.05) is 10.6 Å². The molecule has 2 amide bonds. The number of benzene rings is 3. The van der Waals surface area contributed by atoms with E-state index in [9.17, 15) is 14.0 Å². The molecular weight excluding hydrogens is 580 g/mol. The van der Waals surface area contributed by atoms with Gasteiger partial charge < -0.3 is 9.47 Å². The third-order valence-corrected chi connectivity index (χ3v) is 6.65. The van der Waals surface area contributed by atoms with Crippen molar-refractivity contribution in [3.8, 4) is 11.5 Å². The molecule has 33 heavy (non-hydrogen) atoms. The van der Waals surface area contributed by atoms with Crippen LogP contribution in [0.5, 0.6) is 11.5 Å². The molecule has 0 N–H and O–H groups in total. The van der Waals surface area contributed by atoms with E-state index in [1.807, 2.05) is 0 Å². The Labute approximate surface area is 212 Å². The monoisotopic (exact) mass is 595 g/mol. The van der Waals surface area contributed by atoms with Gasteiger partial charge in [-0.3, -0.25) is 9.59 Å². The summed E-state index contributed by atoms with van der Waals surface area (Å²) in [5.74, 6) is 0.115. The minimum absolute atomic E-state index is 0.0386. The fourth-order valence-electron chi connectivity index (χ4n) is 3.19. The molecule has 0 radical (unpaired) electrons. The third-order valence-electron chi connectivity index (χ3n) is 4.74. The van der Waals surface area contributed by atoms with E-state index in [0.717, 1.165) is 16.7 Å². The number of halogens is 3. The summed E-state index contributed by atoms with van der Waals surface area (Å²) in [4.78, 5) is 26.8. The Balaban J connectivity index is 1.59. The quantitative estimate of drug-likeness (QED) is 0.229. The van der Waals surface area contributed by atoms with Crippen molar-refractivity contribution in [1.29, 1.82) is 0 Å². The smallest absolute Gasteiger partial charge is 0.298 e. The van der Waals surface area contributed by atoms with E-state index >= 15 is 0 Å². The number of hydrogen-bond donors (Lipinski definition) is 0. The number of ether oxygens (including phenoxy) is 2. The molecule has 3 aromatic rings. The molecule has 1 saturated heterocycles. The average Bonchev–Trinajstić information content (AvgIpc) is 3.06. The van der Waals surface area contributed by atoms with Crippen LogP contribution in [-0.2, 0) is 11.4 Å². The highest BCUT2D eigenvalue weighted by Crippen LogP contribution is 2.39. The van der Waals surface area contributed by atoms with Crippen molar-refractivity contribution in [1.82, 2.24) is 0 Å². The number of thioether (sulfide) groups is 1. The van der Waals surface area contributed by atoms with Crippen LogP contribution in [0.25, 0.3) is 6.08 Å². The Morgan fingerprint density at radius 2 is 1.91 bits per heavy atom. The van der Waals surface area contributed by atoms with Gasteiger partial charge in [0.1, 0.15) is 12.4 Å². The number of carbonyl (C=O) groups is 2. The molecule has 0 atom stereocenters. The maximum Gasteiger partial charge on any atom is 0.298 e. The lowest BCUT2D eigenvalue weighted by Crippen LogP contribution is -2.27. The predicted octanol–water partition coefficient (Wildman–Crippen LogP) is 6.91. The minimum Gasteiger partial charge on any atom is -0.493 e. The van der Waals surface area contributed by atoms with Crippen molar-refractivity contribution in [2.45, 2.75) is 6.61 Å². The molecule has 168 valence electrons. The number of methoxy groups -OCH3 is 1. The number of carbonyl (C=O) groups excluding carboxylic acids is 2. The number of amides is 2. The molecule has 1 aliphatic rings. The second-order valence-corrected chi connectivity index (χ2v) is 9.50. The Hall–Kier alpha value is -2.56. The highest BCUT2D eigenvalue weighted by Gasteiger charge is 2.36. The second kappa shape index (κ2) is 10.1. The zero-order chi connectivity index (χ0) is 23.5. The van der Waals surface area contributed by atoms with Crippen molar-refractivity contribution in [3.63, 3.8) is 0 Å². The van der Waals surface area contributed by atoms with Gasteiger partial charge in [0.05, 0.1) is 21.3 Å². The standard InChI is InChI=1S/C24H16ClFINO4S/c1-31-20-10-14(9-19(27)22(20)32-13-15-5-2-3-8-18(15)26)11-21-23(29)28(24(30)33-21)17-7-4-6-16(25)12-17/h2-12H,13H2,1H3/b21-11+. The van der Waals surface area contributed by atoms with E-state index in [1.54, 1.807) is 60.7 Å². The van der Waals surface area contributed by atoms with E-state index < -0.39 is 11.1 Å². The lowest BCUT2D eigenvalue weighted by Gasteiger charge is -2.14. The zero-order valence-corrected chi connectivity index (χ0v) is 20.9. The topological polar surface area (TPSA) is 55.8 Å². The number of rotatable bonds is 6. The molecule has 0 bridgehead atoms. The first-order valence-corrected chi connectivity index (χ1v) is 11.9. The normalized spacial score (nSPS) is 14.8. The highest BCUT2D eigenvalue weighted by molar-refractivity contribution is 14.1. The van der Waals surface area contributed by atoms with Crippen LogP contribution in [0.4, 0.5) is 14.9 Å². The number of nitrogens with zero attached hydrogens (tertiary/aromatic N) is 1. The van der Waals surface area contributed by atoms with Crippen LogP contribution < -0.4 is 14.4 Å². The number of hydrogen-bond acceptors (Lipinski definition) is 5. The minimum atomic E-state index is -0.430. The fourth-order valence-corrected chi connectivity index (χ4v) is 4.99. The molecule has 3 aromatic carbocycles. The highest BCUT2D eigenvalue weighted by atomic mass is 127. The Bertz CT molecular complexity index is 1280. The van der Waals surface area contributed by atoms with Gasteiger partial charge in [-0.15, -0.1) is 0 Å². The van der Waals surface area contributed by atoms with Crippen molar-refractivity contribution in [3.05, 3.63) is 91.1 Å². The summed E-state index contributed by atoms with van der Waals surface area (Å²) in [6, 6.07) is 16.4. The van der Waals surface area contributed by atoms with E-state index in [1.165, 1.54) is 13.2 Å². The van der Waals surface area contributed by atoms with Gasteiger partial charge in [-0.25, -0.2) is 9.29 Å². The van der Waals surface area contributed by atoms with Gasteiger partial charge in [-0.2, -0.15) is 0 Å². The maximum atomic E-state index is 13.9. The first-order valence-electron chi connectivity index (χ1n) is 9.64. The summed E-state index contributed by atoms with van der Waals surface area (Å²) in [6.07, 6.45) is 1.63. The molecule has 0 saturated carbocycles. The van der Waals surface area contributed by atoms with Gasteiger partial charge in [0.25, 0.3) is 11.1 Å². The van der Waals surface area contributed by atoms with Crippen molar-refractivity contribution >= 4 is 68.9 Å². The van der Waals surface area contributed by atoms with Gasteiger partial charge in [-0.1, -0.05) is 35.9 Å². The summed E-state index contributed by atoms with van der Waals surface area (Å²) in [5, 5.41) is 0.0285. The van der Waals surface area contributed by atoms with Crippen LogP contribution in [0.2, 0.25) is 5.02 Å². The fraction of sp³-hybridized carbons (Fsp3) is 0.0833. The lowest BCUT2D eigenvalue weighted by atomic mass is 10.1. The van der Waals surface area contributed by atoms with Crippen molar-refractivity contribution < 1.29 is 23.5 Å². The molecule has 5 nitrogen and oxygen atoms in total. The molecule has 4 rings (SSSR count). The first kappa shape index (κ1) is 23.6.